The molecule has 0 saturated heterocycles. The van der Waals surface area contributed by atoms with E-state index in [1.165, 1.54) is 0 Å². The van der Waals surface area contributed by atoms with Crippen LogP contribution >= 0.6 is 11.6 Å². The summed E-state index contributed by atoms with van der Waals surface area (Å²) in [6.07, 6.45) is 1.55. The van der Waals surface area contributed by atoms with Crippen LogP contribution in [-0.4, -0.2) is 17.1 Å². The molecule has 0 rings (SSSR count). The second kappa shape index (κ2) is 4.41. The van der Waals surface area contributed by atoms with Gasteiger partial charge in [0.1, 0.15) is 0 Å². The maximum Gasteiger partial charge on any atom is 0.0675 e. The first-order valence-electron chi connectivity index (χ1n) is 2.55. The molecule has 0 aliphatic rings. The maximum atomic E-state index is 8.73. The average molecular weight is 123 g/mol. The van der Waals surface area contributed by atoms with E-state index in [1.54, 1.807) is 0 Å². The number of rotatable bonds is 3. The number of aliphatic hydroxyl groups excluding tert-OH is 1. The van der Waals surface area contributed by atoms with Crippen molar-refractivity contribution in [1.82, 2.24) is 0 Å². The van der Waals surface area contributed by atoms with Gasteiger partial charge in [0.05, 0.1) is 6.10 Å². The summed E-state index contributed by atoms with van der Waals surface area (Å²) in [6, 6.07) is 0. The summed E-state index contributed by atoms with van der Waals surface area (Å²) < 4.78 is 0. The van der Waals surface area contributed by atoms with Crippen molar-refractivity contribution >= 4 is 11.6 Å². The highest BCUT2D eigenvalue weighted by Crippen LogP contribution is 1.96. The molecule has 0 bridgehead atoms. The number of halogens is 1. The van der Waals surface area contributed by atoms with Gasteiger partial charge in [-0.1, -0.05) is 13.3 Å². The average Bonchev–Trinajstić information content (AvgIpc) is 1.68. The van der Waals surface area contributed by atoms with E-state index in [1.807, 2.05) is 6.92 Å². The van der Waals surface area contributed by atoms with E-state index in [4.69, 9.17) is 16.7 Å². The van der Waals surface area contributed by atoms with Crippen LogP contribution in [0.5, 0.6) is 0 Å². The van der Waals surface area contributed by atoms with Crippen molar-refractivity contribution in [1.29, 1.82) is 0 Å². The molecule has 1 nitrogen and oxygen atoms in total. The van der Waals surface area contributed by atoms with Gasteiger partial charge in [0.15, 0.2) is 0 Å². The van der Waals surface area contributed by atoms with Gasteiger partial charge in [0.25, 0.3) is 0 Å². The molecule has 1 N–H and O–H groups in total. The van der Waals surface area contributed by atoms with Gasteiger partial charge >= 0.3 is 0 Å². The van der Waals surface area contributed by atoms with E-state index in [0.717, 1.165) is 12.8 Å². The molecule has 0 heterocycles. The van der Waals surface area contributed by atoms with Crippen molar-refractivity contribution in [3.63, 3.8) is 0 Å². The molecule has 44 valence electrons. The highest BCUT2D eigenvalue weighted by molar-refractivity contribution is 6.18. The molecule has 0 amide bonds. The van der Waals surface area contributed by atoms with E-state index < -0.39 is 0 Å². The Hall–Kier alpha value is 0.250. The SMILES string of the molecule is CCC[C@@H](O)CCl. The van der Waals surface area contributed by atoms with Crippen LogP contribution in [0.3, 0.4) is 0 Å². The van der Waals surface area contributed by atoms with Crippen molar-refractivity contribution in [2.24, 2.45) is 0 Å². The number of alkyl halides is 1. The van der Waals surface area contributed by atoms with Crippen molar-refractivity contribution < 1.29 is 5.11 Å². The lowest BCUT2D eigenvalue weighted by Gasteiger charge is -2.00. The number of hydrogen-bond acceptors (Lipinski definition) is 1. The van der Waals surface area contributed by atoms with Gasteiger partial charge in [-0.2, -0.15) is 0 Å². The monoisotopic (exact) mass is 122 g/mol. The Balaban J connectivity index is 2.83. The topological polar surface area (TPSA) is 20.2 Å². The zero-order valence-corrected chi connectivity index (χ0v) is 5.28. The standard InChI is InChI=1S/C5H11ClO/c1-2-3-5(7)4-6/h5,7H,2-4H2,1H3/t5-/m1/s1. The van der Waals surface area contributed by atoms with Gasteiger partial charge in [0, 0.05) is 5.88 Å². The first-order chi connectivity index (χ1) is 3.31. The second-order valence-electron chi connectivity index (χ2n) is 1.60. The number of hydrogen-bond donors (Lipinski definition) is 1. The van der Waals surface area contributed by atoms with E-state index in [0.29, 0.717) is 5.88 Å². The Morgan fingerprint density at radius 1 is 1.71 bits per heavy atom. The molecule has 0 aromatic heterocycles. The van der Waals surface area contributed by atoms with Gasteiger partial charge in [-0.05, 0) is 6.42 Å². The van der Waals surface area contributed by atoms with Gasteiger partial charge in [-0.25, -0.2) is 0 Å². The van der Waals surface area contributed by atoms with Gasteiger partial charge in [0.2, 0.25) is 0 Å². The molecule has 0 saturated carbocycles. The summed E-state index contributed by atoms with van der Waals surface area (Å²) in [5, 5.41) is 8.73. The Morgan fingerprint density at radius 2 is 2.29 bits per heavy atom. The minimum Gasteiger partial charge on any atom is -0.392 e. The van der Waals surface area contributed by atoms with Gasteiger partial charge in [-0.15, -0.1) is 11.6 Å². The highest BCUT2D eigenvalue weighted by atomic mass is 35.5. The van der Waals surface area contributed by atoms with Crippen LogP contribution in [0, 0.1) is 0 Å². The van der Waals surface area contributed by atoms with E-state index >= 15 is 0 Å². The van der Waals surface area contributed by atoms with Crippen molar-refractivity contribution in [2.45, 2.75) is 25.9 Å². The quantitative estimate of drug-likeness (QED) is 0.561. The first-order valence-corrected chi connectivity index (χ1v) is 3.08. The molecule has 7 heavy (non-hydrogen) atoms. The zero-order chi connectivity index (χ0) is 5.70. The molecule has 0 unspecified atom stereocenters. The Labute approximate surface area is 49.3 Å². The summed E-state index contributed by atoms with van der Waals surface area (Å²) in [4.78, 5) is 0. The normalized spacial score (nSPS) is 14.1. The van der Waals surface area contributed by atoms with Crippen LogP contribution in [-0.2, 0) is 0 Å². The Morgan fingerprint density at radius 3 is 2.43 bits per heavy atom. The third kappa shape index (κ3) is 4.10. The molecule has 1 atom stereocenters. The fourth-order valence-corrected chi connectivity index (χ4v) is 0.565. The van der Waals surface area contributed by atoms with Crippen LogP contribution < -0.4 is 0 Å². The van der Waals surface area contributed by atoms with Gasteiger partial charge in [-0.3, -0.25) is 0 Å². The Bertz CT molecular complexity index is 39.1. The molecular formula is C5H11ClO. The highest BCUT2D eigenvalue weighted by Gasteiger charge is 1.96. The minimum atomic E-state index is -0.285. The zero-order valence-electron chi connectivity index (χ0n) is 4.52. The third-order valence-corrected chi connectivity index (χ3v) is 1.16. The molecule has 2 heteroatoms. The summed E-state index contributed by atoms with van der Waals surface area (Å²) in [5.74, 6) is 0.369. The van der Waals surface area contributed by atoms with Crippen LogP contribution in [0.15, 0.2) is 0 Å². The fourth-order valence-electron chi connectivity index (χ4n) is 0.410. The fraction of sp³-hybridized carbons (Fsp3) is 1.00. The van der Waals surface area contributed by atoms with E-state index in [9.17, 15) is 0 Å². The third-order valence-electron chi connectivity index (χ3n) is 0.800. The lowest BCUT2D eigenvalue weighted by Crippen LogP contribution is -2.06. The maximum absolute atomic E-state index is 8.73. The van der Waals surface area contributed by atoms with Crippen LogP contribution in [0.1, 0.15) is 19.8 Å². The molecule has 0 aromatic rings. The molecular weight excluding hydrogens is 112 g/mol. The second-order valence-corrected chi connectivity index (χ2v) is 1.91. The molecule has 0 fully saturated rings. The predicted octanol–water partition coefficient (Wildman–Crippen LogP) is 1.39. The summed E-state index contributed by atoms with van der Waals surface area (Å²) in [6.45, 7) is 2.02. The van der Waals surface area contributed by atoms with Crippen LogP contribution in [0.4, 0.5) is 0 Å². The molecule has 0 spiro atoms. The van der Waals surface area contributed by atoms with Crippen molar-refractivity contribution in [3.05, 3.63) is 0 Å². The Kier molecular flexibility index (Phi) is 4.57. The largest absolute Gasteiger partial charge is 0.392 e. The molecule has 0 radical (unpaired) electrons. The van der Waals surface area contributed by atoms with Crippen LogP contribution in [0.2, 0.25) is 0 Å². The summed E-state index contributed by atoms with van der Waals surface area (Å²) in [5.41, 5.74) is 0. The lowest BCUT2D eigenvalue weighted by molar-refractivity contribution is 0.187. The van der Waals surface area contributed by atoms with E-state index in [-0.39, 0.29) is 6.10 Å². The summed E-state index contributed by atoms with van der Waals surface area (Å²) >= 11 is 5.28. The molecule has 0 aromatic carbocycles. The summed E-state index contributed by atoms with van der Waals surface area (Å²) in [7, 11) is 0. The first kappa shape index (κ1) is 7.25. The smallest absolute Gasteiger partial charge is 0.0675 e. The predicted molar refractivity (Wildman–Crippen MR) is 31.6 cm³/mol. The van der Waals surface area contributed by atoms with Crippen LogP contribution in [0.25, 0.3) is 0 Å². The van der Waals surface area contributed by atoms with Crippen molar-refractivity contribution in [3.8, 4) is 0 Å². The minimum absolute atomic E-state index is 0.285. The van der Waals surface area contributed by atoms with Crippen molar-refractivity contribution in [2.75, 3.05) is 5.88 Å². The van der Waals surface area contributed by atoms with Gasteiger partial charge < -0.3 is 5.11 Å². The molecule has 0 aliphatic carbocycles. The number of aliphatic hydroxyl groups is 1. The van der Waals surface area contributed by atoms with E-state index in [2.05, 4.69) is 0 Å². The molecule has 0 aliphatic heterocycles. The lowest BCUT2D eigenvalue weighted by atomic mass is 10.2.